The number of benzene rings is 1. The van der Waals surface area contributed by atoms with E-state index in [0.29, 0.717) is 0 Å². The van der Waals surface area contributed by atoms with Crippen LogP contribution in [0, 0.1) is 6.92 Å². The zero-order valence-corrected chi connectivity index (χ0v) is 9.32. The molecule has 0 fully saturated rings. The molecule has 0 bridgehead atoms. The number of rotatable bonds is 3. The fraction of sp³-hybridized carbons (Fsp3) is 0.417. The summed E-state index contributed by atoms with van der Waals surface area (Å²) in [5, 5.41) is 8.91. The molecule has 0 amide bonds. The molecule has 15 heavy (non-hydrogen) atoms. The van der Waals surface area contributed by atoms with E-state index >= 15 is 0 Å². The molecule has 0 aliphatic carbocycles. The quantitative estimate of drug-likeness (QED) is 0.792. The van der Waals surface area contributed by atoms with Crippen molar-refractivity contribution in [3.63, 3.8) is 0 Å². The standard InChI is InChI=1S/C12H17NO2/c1-8-4-6-9(7-5-8)12(2,3)10(13)11(14)15/h4-7,10H,13H2,1-3H3,(H,14,15)/t10-/m1/s1. The maximum absolute atomic E-state index is 10.9. The number of carbonyl (C=O) groups is 1. The number of nitrogens with two attached hydrogens (primary N) is 1. The molecule has 0 spiro atoms. The van der Waals surface area contributed by atoms with Gasteiger partial charge in [0.05, 0.1) is 0 Å². The molecule has 0 aliphatic rings. The van der Waals surface area contributed by atoms with Gasteiger partial charge in [-0.3, -0.25) is 4.79 Å². The predicted octanol–water partition coefficient (Wildman–Crippen LogP) is 1.68. The van der Waals surface area contributed by atoms with Gasteiger partial charge >= 0.3 is 5.97 Å². The van der Waals surface area contributed by atoms with Gasteiger partial charge in [0, 0.05) is 5.41 Å². The summed E-state index contributed by atoms with van der Waals surface area (Å²) in [7, 11) is 0. The molecule has 82 valence electrons. The Morgan fingerprint density at radius 1 is 1.33 bits per heavy atom. The average molecular weight is 207 g/mol. The molecule has 3 N–H and O–H groups in total. The van der Waals surface area contributed by atoms with Gasteiger partial charge in [-0.25, -0.2) is 0 Å². The Hall–Kier alpha value is -1.35. The third-order valence-electron chi connectivity index (χ3n) is 2.84. The van der Waals surface area contributed by atoms with Crippen molar-refractivity contribution >= 4 is 5.97 Å². The molecule has 0 heterocycles. The molecule has 1 aromatic carbocycles. The third-order valence-corrected chi connectivity index (χ3v) is 2.84. The SMILES string of the molecule is Cc1ccc(C(C)(C)[C@H](N)C(=O)O)cc1. The molecule has 3 heteroatoms. The van der Waals surface area contributed by atoms with Gasteiger partial charge in [-0.2, -0.15) is 0 Å². The van der Waals surface area contributed by atoms with Crippen molar-refractivity contribution < 1.29 is 9.90 Å². The van der Waals surface area contributed by atoms with Gasteiger partial charge in [-0.15, -0.1) is 0 Å². The highest BCUT2D eigenvalue weighted by atomic mass is 16.4. The molecule has 0 saturated carbocycles. The minimum Gasteiger partial charge on any atom is -0.480 e. The molecular formula is C12H17NO2. The predicted molar refractivity (Wildman–Crippen MR) is 59.8 cm³/mol. The Morgan fingerprint density at radius 3 is 2.20 bits per heavy atom. The minimum absolute atomic E-state index is 0.556. The average Bonchev–Trinajstić information content (AvgIpc) is 2.17. The van der Waals surface area contributed by atoms with Gasteiger partial charge in [0.25, 0.3) is 0 Å². The topological polar surface area (TPSA) is 63.3 Å². The lowest BCUT2D eigenvalue weighted by atomic mass is 9.78. The molecule has 0 unspecified atom stereocenters. The first-order valence-electron chi connectivity index (χ1n) is 4.91. The maximum Gasteiger partial charge on any atom is 0.321 e. The van der Waals surface area contributed by atoms with Gasteiger partial charge in [-0.05, 0) is 12.5 Å². The summed E-state index contributed by atoms with van der Waals surface area (Å²) in [6.07, 6.45) is 0. The highest BCUT2D eigenvalue weighted by molar-refractivity contribution is 5.75. The van der Waals surface area contributed by atoms with Gasteiger partial charge in [0.1, 0.15) is 6.04 Å². The van der Waals surface area contributed by atoms with Crippen LogP contribution in [0.2, 0.25) is 0 Å². The van der Waals surface area contributed by atoms with Crippen molar-refractivity contribution in [2.45, 2.75) is 32.2 Å². The van der Waals surface area contributed by atoms with Crippen LogP contribution in [-0.2, 0) is 10.2 Å². The normalized spacial score (nSPS) is 13.6. The van der Waals surface area contributed by atoms with E-state index in [4.69, 9.17) is 10.8 Å². The second-order valence-electron chi connectivity index (χ2n) is 4.40. The largest absolute Gasteiger partial charge is 0.480 e. The van der Waals surface area contributed by atoms with E-state index in [9.17, 15) is 4.79 Å². The lowest BCUT2D eigenvalue weighted by Gasteiger charge is -2.29. The van der Waals surface area contributed by atoms with Crippen LogP contribution in [0.4, 0.5) is 0 Å². The van der Waals surface area contributed by atoms with Gasteiger partial charge in [-0.1, -0.05) is 43.7 Å². The van der Waals surface area contributed by atoms with Crippen molar-refractivity contribution in [2.75, 3.05) is 0 Å². The molecule has 0 aliphatic heterocycles. The van der Waals surface area contributed by atoms with Gasteiger partial charge in [0.2, 0.25) is 0 Å². The fourth-order valence-corrected chi connectivity index (χ4v) is 1.47. The number of aryl methyl sites for hydroxylation is 1. The minimum atomic E-state index is -0.972. The molecule has 0 aromatic heterocycles. The summed E-state index contributed by atoms with van der Waals surface area (Å²) >= 11 is 0. The van der Waals surface area contributed by atoms with Crippen molar-refractivity contribution in [3.8, 4) is 0 Å². The summed E-state index contributed by atoms with van der Waals surface area (Å²) in [5.74, 6) is -0.972. The van der Waals surface area contributed by atoms with Crippen molar-refractivity contribution in [2.24, 2.45) is 5.73 Å². The number of carboxylic acids is 1. The number of aliphatic carboxylic acids is 1. The molecule has 0 radical (unpaired) electrons. The van der Waals surface area contributed by atoms with E-state index in [2.05, 4.69) is 0 Å². The molecule has 1 aromatic rings. The summed E-state index contributed by atoms with van der Waals surface area (Å²) in [6.45, 7) is 5.68. The van der Waals surface area contributed by atoms with Crippen LogP contribution >= 0.6 is 0 Å². The van der Waals surface area contributed by atoms with E-state index in [1.165, 1.54) is 0 Å². The Labute approximate surface area is 89.9 Å². The van der Waals surface area contributed by atoms with E-state index in [0.717, 1.165) is 11.1 Å². The van der Waals surface area contributed by atoms with Gasteiger partial charge < -0.3 is 10.8 Å². The van der Waals surface area contributed by atoms with Crippen LogP contribution in [0.3, 0.4) is 0 Å². The highest BCUT2D eigenvalue weighted by Crippen LogP contribution is 2.26. The van der Waals surface area contributed by atoms with Crippen LogP contribution in [0.15, 0.2) is 24.3 Å². The highest BCUT2D eigenvalue weighted by Gasteiger charge is 2.33. The van der Waals surface area contributed by atoms with Crippen LogP contribution in [0.5, 0.6) is 0 Å². The Bertz CT molecular complexity index is 354. The summed E-state index contributed by atoms with van der Waals surface area (Å²) < 4.78 is 0. The second kappa shape index (κ2) is 4.03. The molecule has 0 saturated heterocycles. The first-order valence-corrected chi connectivity index (χ1v) is 4.91. The Kier molecular flexibility index (Phi) is 3.15. The first-order chi connectivity index (χ1) is 6.85. The van der Waals surface area contributed by atoms with Crippen LogP contribution in [0.25, 0.3) is 0 Å². The molecule has 1 rings (SSSR count). The van der Waals surface area contributed by atoms with E-state index in [1.54, 1.807) is 0 Å². The smallest absolute Gasteiger partial charge is 0.321 e. The van der Waals surface area contributed by atoms with Crippen LogP contribution in [-0.4, -0.2) is 17.1 Å². The number of carboxylic acid groups (broad SMARTS) is 1. The van der Waals surface area contributed by atoms with Crippen molar-refractivity contribution in [3.05, 3.63) is 35.4 Å². The van der Waals surface area contributed by atoms with E-state index in [1.807, 2.05) is 45.0 Å². The maximum atomic E-state index is 10.9. The van der Waals surface area contributed by atoms with Gasteiger partial charge in [0.15, 0.2) is 0 Å². The Morgan fingerprint density at radius 2 is 1.80 bits per heavy atom. The van der Waals surface area contributed by atoms with E-state index in [-0.39, 0.29) is 0 Å². The first kappa shape index (κ1) is 11.7. The monoisotopic (exact) mass is 207 g/mol. The van der Waals surface area contributed by atoms with Crippen LogP contribution < -0.4 is 5.73 Å². The summed E-state index contributed by atoms with van der Waals surface area (Å²) in [6, 6.07) is 6.90. The number of hydrogen-bond donors (Lipinski definition) is 2. The fourth-order valence-electron chi connectivity index (χ4n) is 1.47. The summed E-state index contributed by atoms with van der Waals surface area (Å²) in [5.41, 5.74) is 7.21. The third kappa shape index (κ3) is 2.36. The zero-order chi connectivity index (χ0) is 11.6. The van der Waals surface area contributed by atoms with Crippen molar-refractivity contribution in [1.82, 2.24) is 0 Å². The lowest BCUT2D eigenvalue weighted by Crippen LogP contribution is -2.46. The number of hydrogen-bond acceptors (Lipinski definition) is 2. The molecular weight excluding hydrogens is 190 g/mol. The zero-order valence-electron chi connectivity index (χ0n) is 9.32. The molecule has 1 atom stereocenters. The van der Waals surface area contributed by atoms with Crippen molar-refractivity contribution in [1.29, 1.82) is 0 Å². The second-order valence-corrected chi connectivity index (χ2v) is 4.40. The Balaban J connectivity index is 3.05. The summed E-state index contributed by atoms with van der Waals surface area (Å²) in [4.78, 5) is 10.9. The van der Waals surface area contributed by atoms with E-state index < -0.39 is 17.4 Å². The lowest BCUT2D eigenvalue weighted by molar-refractivity contribution is -0.140. The van der Waals surface area contributed by atoms with Crippen LogP contribution in [0.1, 0.15) is 25.0 Å². The molecule has 3 nitrogen and oxygen atoms in total.